The molecule has 0 saturated heterocycles. The van der Waals surface area contributed by atoms with E-state index in [1.54, 1.807) is 0 Å². The first kappa shape index (κ1) is 10.6. The van der Waals surface area contributed by atoms with Gasteiger partial charge in [0.15, 0.2) is 0 Å². The lowest BCUT2D eigenvalue weighted by Gasteiger charge is -2.34. The van der Waals surface area contributed by atoms with E-state index in [1.807, 2.05) is 6.07 Å². The Morgan fingerprint density at radius 2 is 1.89 bits per heavy atom. The molecule has 0 bridgehead atoms. The summed E-state index contributed by atoms with van der Waals surface area (Å²) in [5, 5.41) is 4.51. The Hall–Kier alpha value is -1.31. The molecule has 0 amide bonds. The second-order valence-corrected chi connectivity index (χ2v) is 5.52. The maximum absolute atomic E-state index is 6.41. The molecule has 0 fully saturated rings. The third-order valence-corrected chi connectivity index (χ3v) is 4.44. The molecule has 1 aliphatic heterocycles. The molecule has 0 saturated carbocycles. The van der Waals surface area contributed by atoms with Gasteiger partial charge < -0.3 is 5.32 Å². The molecule has 1 nitrogen and oxygen atoms in total. The molecule has 1 atom stereocenters. The fourth-order valence-corrected chi connectivity index (χ4v) is 3.67. The van der Waals surface area contributed by atoms with Crippen LogP contribution in [0, 0.1) is 0 Å². The van der Waals surface area contributed by atoms with Gasteiger partial charge in [0.25, 0.3) is 0 Å². The summed E-state index contributed by atoms with van der Waals surface area (Å²) in [5.41, 5.74) is 6.91. The van der Waals surface area contributed by atoms with E-state index in [0.29, 0.717) is 6.04 Å². The third kappa shape index (κ3) is 1.38. The second kappa shape index (κ2) is 3.84. The summed E-state index contributed by atoms with van der Waals surface area (Å²) >= 11 is 6.41. The van der Waals surface area contributed by atoms with Crippen LogP contribution in [-0.4, -0.2) is 6.54 Å². The van der Waals surface area contributed by atoms with Crippen LogP contribution < -0.4 is 5.32 Å². The summed E-state index contributed by atoms with van der Waals surface area (Å²) < 4.78 is 0. The van der Waals surface area contributed by atoms with Gasteiger partial charge in [0.05, 0.1) is 0 Å². The van der Waals surface area contributed by atoms with E-state index in [9.17, 15) is 0 Å². The zero-order valence-corrected chi connectivity index (χ0v) is 10.8. The van der Waals surface area contributed by atoms with E-state index in [2.05, 4.69) is 35.6 Å². The van der Waals surface area contributed by atoms with Crippen LogP contribution in [0.1, 0.15) is 22.7 Å². The Morgan fingerprint density at radius 1 is 1.06 bits per heavy atom. The molecular weight excluding hydrogens is 242 g/mol. The quantitative estimate of drug-likeness (QED) is 0.756. The number of nitrogens with one attached hydrogen (secondary N) is 1. The first-order valence-electron chi connectivity index (χ1n) is 6.47. The molecule has 18 heavy (non-hydrogen) atoms. The molecular formula is C16H14ClN. The van der Waals surface area contributed by atoms with Crippen molar-refractivity contribution in [1.82, 2.24) is 5.32 Å². The van der Waals surface area contributed by atoms with Crippen LogP contribution in [0.5, 0.6) is 0 Å². The van der Waals surface area contributed by atoms with Gasteiger partial charge in [-0.05, 0) is 47.7 Å². The molecule has 0 spiro atoms. The minimum absolute atomic E-state index is 0.468. The monoisotopic (exact) mass is 255 g/mol. The molecule has 4 rings (SSSR count). The number of hydrogen-bond donors (Lipinski definition) is 1. The summed E-state index contributed by atoms with van der Waals surface area (Å²) in [6.07, 6.45) is 2.18. The molecule has 2 aromatic rings. The molecule has 1 heterocycles. The molecule has 0 radical (unpaired) electrons. The van der Waals surface area contributed by atoms with E-state index in [0.717, 1.165) is 24.4 Å². The minimum Gasteiger partial charge on any atom is -0.309 e. The fraction of sp³-hybridized carbons (Fsp3) is 0.250. The topological polar surface area (TPSA) is 12.0 Å². The highest BCUT2D eigenvalue weighted by molar-refractivity contribution is 6.33. The van der Waals surface area contributed by atoms with Gasteiger partial charge in [0.1, 0.15) is 0 Å². The first-order chi connectivity index (χ1) is 8.84. The smallest absolute Gasteiger partial charge is 0.0487 e. The number of halogens is 1. The Balaban J connectivity index is 2.06. The predicted molar refractivity (Wildman–Crippen MR) is 75.0 cm³/mol. The van der Waals surface area contributed by atoms with Crippen LogP contribution in [0.4, 0.5) is 0 Å². The second-order valence-electron chi connectivity index (χ2n) is 5.11. The van der Waals surface area contributed by atoms with Crippen molar-refractivity contribution in [3.05, 3.63) is 58.1 Å². The maximum Gasteiger partial charge on any atom is 0.0487 e. The minimum atomic E-state index is 0.468. The van der Waals surface area contributed by atoms with E-state index >= 15 is 0 Å². The van der Waals surface area contributed by atoms with E-state index in [-0.39, 0.29) is 0 Å². The van der Waals surface area contributed by atoms with Crippen molar-refractivity contribution in [2.24, 2.45) is 0 Å². The molecule has 90 valence electrons. The number of fused-ring (bicyclic) bond motifs is 2. The van der Waals surface area contributed by atoms with Crippen LogP contribution in [0.2, 0.25) is 5.02 Å². The van der Waals surface area contributed by atoms with Gasteiger partial charge in [0, 0.05) is 16.6 Å². The van der Waals surface area contributed by atoms with Gasteiger partial charge in [-0.2, -0.15) is 0 Å². The van der Waals surface area contributed by atoms with Gasteiger partial charge in [-0.15, -0.1) is 0 Å². The lowest BCUT2D eigenvalue weighted by Crippen LogP contribution is -2.33. The Kier molecular flexibility index (Phi) is 2.26. The summed E-state index contributed by atoms with van der Waals surface area (Å²) in [6.45, 7) is 1.08. The first-order valence-corrected chi connectivity index (χ1v) is 6.85. The van der Waals surface area contributed by atoms with Crippen molar-refractivity contribution in [3.63, 3.8) is 0 Å². The van der Waals surface area contributed by atoms with Crippen LogP contribution >= 0.6 is 11.6 Å². The fourth-order valence-electron chi connectivity index (χ4n) is 3.38. The highest BCUT2D eigenvalue weighted by Crippen LogP contribution is 2.44. The molecule has 1 aliphatic carbocycles. The molecule has 2 aromatic carbocycles. The lowest BCUT2D eigenvalue weighted by atomic mass is 9.78. The molecule has 1 unspecified atom stereocenters. The zero-order valence-electron chi connectivity index (χ0n) is 10.0. The summed E-state index contributed by atoms with van der Waals surface area (Å²) in [4.78, 5) is 0. The van der Waals surface area contributed by atoms with Crippen molar-refractivity contribution in [3.8, 4) is 11.1 Å². The highest BCUT2D eigenvalue weighted by atomic mass is 35.5. The average Bonchev–Trinajstić information content (AvgIpc) is 2.39. The van der Waals surface area contributed by atoms with Crippen LogP contribution in [-0.2, 0) is 12.8 Å². The van der Waals surface area contributed by atoms with Crippen LogP contribution in [0.15, 0.2) is 36.4 Å². The largest absolute Gasteiger partial charge is 0.309 e. The Bertz CT molecular complexity index is 633. The molecule has 2 heteroatoms. The number of benzene rings is 2. The maximum atomic E-state index is 6.41. The SMILES string of the molecule is Clc1cccc2c1-c1cccc3c1C(C2)NCC3. The Morgan fingerprint density at radius 3 is 2.83 bits per heavy atom. The molecule has 1 N–H and O–H groups in total. The van der Waals surface area contributed by atoms with Gasteiger partial charge in [-0.3, -0.25) is 0 Å². The van der Waals surface area contributed by atoms with Gasteiger partial charge in [-0.25, -0.2) is 0 Å². The van der Waals surface area contributed by atoms with Crippen LogP contribution in [0.25, 0.3) is 11.1 Å². The van der Waals surface area contributed by atoms with Crippen molar-refractivity contribution >= 4 is 11.6 Å². The van der Waals surface area contributed by atoms with Gasteiger partial charge in [-0.1, -0.05) is 41.9 Å². The number of hydrogen-bond acceptors (Lipinski definition) is 1. The van der Waals surface area contributed by atoms with Crippen molar-refractivity contribution in [2.75, 3.05) is 6.54 Å². The van der Waals surface area contributed by atoms with E-state index in [4.69, 9.17) is 11.6 Å². The van der Waals surface area contributed by atoms with Crippen molar-refractivity contribution in [1.29, 1.82) is 0 Å². The normalized spacial score (nSPS) is 20.2. The van der Waals surface area contributed by atoms with Crippen molar-refractivity contribution in [2.45, 2.75) is 18.9 Å². The van der Waals surface area contributed by atoms with E-state index < -0.39 is 0 Å². The average molecular weight is 256 g/mol. The predicted octanol–water partition coefficient (Wildman–Crippen LogP) is 3.75. The van der Waals surface area contributed by atoms with E-state index in [1.165, 1.54) is 27.8 Å². The van der Waals surface area contributed by atoms with Crippen molar-refractivity contribution < 1.29 is 0 Å². The lowest BCUT2D eigenvalue weighted by molar-refractivity contribution is 0.499. The molecule has 0 aromatic heterocycles. The summed E-state index contributed by atoms with van der Waals surface area (Å²) in [5.74, 6) is 0. The molecule has 2 aliphatic rings. The van der Waals surface area contributed by atoms with Crippen LogP contribution in [0.3, 0.4) is 0 Å². The summed E-state index contributed by atoms with van der Waals surface area (Å²) in [7, 11) is 0. The zero-order chi connectivity index (χ0) is 12.1. The summed E-state index contributed by atoms with van der Waals surface area (Å²) in [6, 6.07) is 13.4. The highest BCUT2D eigenvalue weighted by Gasteiger charge is 2.29. The Labute approximate surface area is 112 Å². The number of rotatable bonds is 0. The third-order valence-electron chi connectivity index (χ3n) is 4.12. The van der Waals surface area contributed by atoms with Gasteiger partial charge >= 0.3 is 0 Å². The van der Waals surface area contributed by atoms with Gasteiger partial charge in [0.2, 0.25) is 0 Å². The standard InChI is InChI=1S/C16H14ClN/c17-13-6-2-4-11-9-14-16-10(7-8-18-14)3-1-5-12(16)15(11)13/h1-6,14,18H,7-9H2.